The van der Waals surface area contributed by atoms with Gasteiger partial charge in [0.05, 0.1) is 18.4 Å². The van der Waals surface area contributed by atoms with E-state index in [1.807, 2.05) is 0 Å². The highest BCUT2D eigenvalue weighted by molar-refractivity contribution is 6.08. The van der Waals surface area contributed by atoms with E-state index in [1.54, 1.807) is 7.05 Å². The van der Waals surface area contributed by atoms with Gasteiger partial charge >= 0.3 is 6.03 Å². The molecule has 1 unspecified atom stereocenters. The predicted molar refractivity (Wildman–Crippen MR) is 67.5 cm³/mol. The minimum atomic E-state index is -1.01. The van der Waals surface area contributed by atoms with Crippen molar-refractivity contribution >= 4 is 23.5 Å². The maximum atomic E-state index is 12.4. The van der Waals surface area contributed by atoms with E-state index in [1.165, 1.54) is 15.8 Å². The molecule has 4 N–H and O–H groups in total. The molecule has 0 aliphatic carbocycles. The number of hydrogen-bond acceptors (Lipinski definition) is 5. The van der Waals surface area contributed by atoms with Gasteiger partial charge < -0.3 is 16.0 Å². The number of aromatic nitrogens is 2. The number of nitrogens with two attached hydrogens (primary N) is 1. The molecule has 0 saturated carbocycles. The number of amides is 4. The smallest absolute Gasteiger partial charge is 0.322 e. The fourth-order valence-corrected chi connectivity index (χ4v) is 2.66. The molecule has 2 aliphatic heterocycles. The third-order valence-electron chi connectivity index (χ3n) is 3.74. The second kappa shape index (κ2) is 3.95. The summed E-state index contributed by atoms with van der Waals surface area (Å²) in [6.45, 7) is 0.505. The van der Waals surface area contributed by atoms with Crippen LogP contribution in [0.4, 0.5) is 10.5 Å². The van der Waals surface area contributed by atoms with Gasteiger partial charge in [-0.3, -0.25) is 19.6 Å². The number of carbonyl (C=O) groups is 3. The number of carbonyl (C=O) groups excluding carboxylic acids is 3. The Balaban J connectivity index is 1.83. The third kappa shape index (κ3) is 1.63. The molecule has 1 spiro atoms. The van der Waals surface area contributed by atoms with Gasteiger partial charge in [-0.1, -0.05) is 0 Å². The number of urea groups is 1. The van der Waals surface area contributed by atoms with E-state index in [4.69, 9.17) is 5.73 Å². The Kier molecular flexibility index (Phi) is 2.46. The van der Waals surface area contributed by atoms with Crippen molar-refractivity contribution in [1.29, 1.82) is 0 Å². The number of aryl methyl sites for hydroxylation is 1. The van der Waals surface area contributed by atoms with Crippen LogP contribution in [0, 0.1) is 0 Å². The molecule has 3 rings (SSSR count). The average Bonchev–Trinajstić information content (AvgIpc) is 3.01. The van der Waals surface area contributed by atoms with Gasteiger partial charge in [-0.05, 0) is 6.42 Å². The average molecular weight is 278 g/mol. The molecular formula is C11H14N6O3. The lowest BCUT2D eigenvalue weighted by molar-refractivity contribution is -0.123. The monoisotopic (exact) mass is 278 g/mol. The number of nitrogens with zero attached hydrogens (tertiary/aromatic N) is 3. The van der Waals surface area contributed by atoms with Crippen LogP contribution in [0.2, 0.25) is 0 Å². The van der Waals surface area contributed by atoms with E-state index < -0.39 is 17.5 Å². The summed E-state index contributed by atoms with van der Waals surface area (Å²) >= 11 is 0. The van der Waals surface area contributed by atoms with Crippen LogP contribution in [0.3, 0.4) is 0 Å². The number of imide groups is 1. The molecule has 1 aromatic heterocycles. The van der Waals surface area contributed by atoms with Crippen LogP contribution >= 0.6 is 0 Å². The largest absolute Gasteiger partial charge is 0.396 e. The van der Waals surface area contributed by atoms with Crippen LogP contribution in [-0.4, -0.2) is 51.2 Å². The first-order valence-electron chi connectivity index (χ1n) is 6.13. The molecule has 0 aromatic carbocycles. The molecule has 2 saturated heterocycles. The molecule has 20 heavy (non-hydrogen) atoms. The molecule has 2 fully saturated rings. The van der Waals surface area contributed by atoms with Gasteiger partial charge in [0.25, 0.3) is 11.8 Å². The number of likely N-dealkylation sites (tertiary alicyclic amines) is 1. The highest BCUT2D eigenvalue weighted by Crippen LogP contribution is 2.26. The van der Waals surface area contributed by atoms with Crippen molar-refractivity contribution in [2.24, 2.45) is 7.05 Å². The first kappa shape index (κ1) is 12.5. The lowest BCUT2D eigenvalue weighted by atomic mass is 9.99. The Hall–Kier alpha value is -2.58. The summed E-state index contributed by atoms with van der Waals surface area (Å²) in [7, 11) is 1.62. The standard InChI is InChI=1S/C11H14N6O3/c1-16-7(6(12)4-13-16)8(18)17-3-2-11(5-17)9(19)14-10(20)15-11/h4H,2-3,5,12H2,1H3,(H2,14,15,19,20). The summed E-state index contributed by atoms with van der Waals surface area (Å²) in [5, 5.41) is 8.71. The molecule has 2 aliphatic rings. The van der Waals surface area contributed by atoms with Crippen LogP contribution in [-0.2, 0) is 11.8 Å². The summed E-state index contributed by atoms with van der Waals surface area (Å²) < 4.78 is 1.40. The van der Waals surface area contributed by atoms with Gasteiger partial charge in [-0.15, -0.1) is 0 Å². The van der Waals surface area contributed by atoms with Crippen molar-refractivity contribution in [2.45, 2.75) is 12.0 Å². The van der Waals surface area contributed by atoms with Crippen molar-refractivity contribution < 1.29 is 14.4 Å². The Labute approximate surface area is 114 Å². The number of nitrogens with one attached hydrogen (secondary N) is 2. The van der Waals surface area contributed by atoms with Crippen LogP contribution in [0.1, 0.15) is 16.9 Å². The molecule has 4 amide bonds. The van der Waals surface area contributed by atoms with Gasteiger partial charge in [-0.25, -0.2) is 4.79 Å². The summed E-state index contributed by atoms with van der Waals surface area (Å²) in [5.41, 5.74) is 5.28. The summed E-state index contributed by atoms with van der Waals surface area (Å²) in [4.78, 5) is 37.0. The number of nitrogen functional groups attached to an aromatic ring is 1. The van der Waals surface area contributed by atoms with E-state index in [9.17, 15) is 14.4 Å². The van der Waals surface area contributed by atoms with Crippen molar-refractivity contribution in [3.63, 3.8) is 0 Å². The lowest BCUT2D eigenvalue weighted by Gasteiger charge is -2.21. The van der Waals surface area contributed by atoms with E-state index in [2.05, 4.69) is 15.7 Å². The normalized spacial score (nSPS) is 25.1. The number of hydrogen-bond donors (Lipinski definition) is 3. The van der Waals surface area contributed by atoms with Gasteiger partial charge in [0, 0.05) is 13.6 Å². The second-order valence-electron chi connectivity index (χ2n) is 5.04. The van der Waals surface area contributed by atoms with E-state index in [0.29, 0.717) is 18.7 Å². The van der Waals surface area contributed by atoms with Gasteiger partial charge in [0.2, 0.25) is 0 Å². The number of rotatable bonds is 1. The zero-order valence-corrected chi connectivity index (χ0v) is 10.8. The van der Waals surface area contributed by atoms with E-state index in [-0.39, 0.29) is 18.1 Å². The molecule has 106 valence electrons. The molecule has 3 heterocycles. The Morgan fingerprint density at radius 3 is 2.80 bits per heavy atom. The fraction of sp³-hybridized carbons (Fsp3) is 0.455. The lowest BCUT2D eigenvalue weighted by Crippen LogP contribution is -2.49. The maximum Gasteiger partial charge on any atom is 0.322 e. The highest BCUT2D eigenvalue weighted by atomic mass is 16.2. The third-order valence-corrected chi connectivity index (χ3v) is 3.74. The zero-order chi connectivity index (χ0) is 14.5. The van der Waals surface area contributed by atoms with Crippen LogP contribution in [0.5, 0.6) is 0 Å². The first-order chi connectivity index (χ1) is 9.43. The maximum absolute atomic E-state index is 12.4. The molecule has 9 nitrogen and oxygen atoms in total. The van der Waals surface area contributed by atoms with E-state index in [0.717, 1.165) is 0 Å². The molecule has 9 heteroatoms. The quantitative estimate of drug-likeness (QED) is 0.535. The van der Waals surface area contributed by atoms with Crippen LogP contribution in [0.15, 0.2) is 6.20 Å². The van der Waals surface area contributed by atoms with Crippen molar-refractivity contribution in [3.05, 3.63) is 11.9 Å². The topological polar surface area (TPSA) is 122 Å². The fourth-order valence-electron chi connectivity index (χ4n) is 2.66. The van der Waals surface area contributed by atoms with Gasteiger partial charge in [0.15, 0.2) is 0 Å². The Morgan fingerprint density at radius 2 is 2.25 bits per heavy atom. The minimum Gasteiger partial charge on any atom is -0.396 e. The Bertz CT molecular complexity index is 604. The summed E-state index contributed by atoms with van der Waals surface area (Å²) in [5.74, 6) is -0.691. The predicted octanol–water partition coefficient (Wildman–Crippen LogP) is -1.57. The molecular weight excluding hydrogens is 264 g/mol. The highest BCUT2D eigenvalue weighted by Gasteiger charge is 2.52. The van der Waals surface area contributed by atoms with Gasteiger partial charge in [0.1, 0.15) is 11.2 Å². The molecule has 0 radical (unpaired) electrons. The summed E-state index contributed by atoms with van der Waals surface area (Å²) in [6, 6.07) is -0.524. The van der Waals surface area contributed by atoms with Crippen molar-refractivity contribution in [3.8, 4) is 0 Å². The van der Waals surface area contributed by atoms with E-state index >= 15 is 0 Å². The Morgan fingerprint density at radius 1 is 1.50 bits per heavy atom. The second-order valence-corrected chi connectivity index (χ2v) is 5.04. The zero-order valence-electron chi connectivity index (χ0n) is 10.8. The van der Waals surface area contributed by atoms with Gasteiger partial charge in [-0.2, -0.15) is 5.10 Å². The van der Waals surface area contributed by atoms with Crippen LogP contribution < -0.4 is 16.4 Å². The first-order valence-corrected chi connectivity index (χ1v) is 6.13. The van der Waals surface area contributed by atoms with Crippen molar-refractivity contribution in [2.75, 3.05) is 18.8 Å². The minimum absolute atomic E-state index is 0.133. The SMILES string of the molecule is Cn1ncc(N)c1C(=O)N1CCC2(C1)NC(=O)NC2=O. The summed E-state index contributed by atoms with van der Waals surface area (Å²) in [6.07, 6.45) is 1.79. The molecule has 1 atom stereocenters. The van der Waals surface area contributed by atoms with Crippen molar-refractivity contribution in [1.82, 2.24) is 25.3 Å². The molecule has 0 bridgehead atoms. The molecule has 1 aromatic rings. The number of anilines is 1. The van der Waals surface area contributed by atoms with Crippen LogP contribution in [0.25, 0.3) is 0 Å².